The van der Waals surface area contributed by atoms with Gasteiger partial charge in [-0.05, 0) is 50.2 Å². The van der Waals surface area contributed by atoms with Crippen molar-refractivity contribution < 1.29 is 4.79 Å². The smallest absolute Gasteiger partial charge is 0.227 e. The van der Waals surface area contributed by atoms with Crippen LogP contribution in [-0.4, -0.2) is 74.2 Å². The fourth-order valence-electron chi connectivity index (χ4n) is 5.97. The number of likely N-dealkylation sites (N-methyl/N-ethyl adjacent to an activating group) is 1. The Morgan fingerprint density at radius 2 is 1.88 bits per heavy atom. The van der Waals surface area contributed by atoms with Crippen LogP contribution < -0.4 is 10.2 Å². The van der Waals surface area contributed by atoms with Gasteiger partial charge in [0.05, 0.1) is 28.8 Å². The molecular weight excluding hydrogens is 502 g/mol. The molecule has 0 spiro atoms. The van der Waals surface area contributed by atoms with Gasteiger partial charge in [-0.25, -0.2) is 9.97 Å². The van der Waals surface area contributed by atoms with Gasteiger partial charge in [-0.3, -0.25) is 14.9 Å². The largest absolute Gasteiger partial charge is 0.368 e. The Hall–Kier alpha value is -4.31. The van der Waals surface area contributed by atoms with Crippen molar-refractivity contribution in [2.45, 2.75) is 32.1 Å². The minimum atomic E-state index is 0.0857. The van der Waals surface area contributed by atoms with Crippen molar-refractivity contribution in [3.05, 3.63) is 48.9 Å². The van der Waals surface area contributed by atoms with Crippen LogP contribution in [0.3, 0.4) is 0 Å². The topological polar surface area (TPSA) is 119 Å². The summed E-state index contributed by atoms with van der Waals surface area (Å²) in [5.74, 6) is 0.172. The zero-order valence-electron chi connectivity index (χ0n) is 22.7. The molecule has 1 saturated carbocycles. The first-order chi connectivity index (χ1) is 19.6. The van der Waals surface area contributed by atoms with E-state index in [1.807, 2.05) is 24.4 Å². The van der Waals surface area contributed by atoms with Gasteiger partial charge in [-0.2, -0.15) is 5.10 Å². The molecule has 204 valence electrons. The number of nitrogens with one attached hydrogen (secondary N) is 3. The Labute approximate surface area is 232 Å². The third-order valence-electron chi connectivity index (χ3n) is 8.29. The average molecular weight is 536 g/mol. The van der Waals surface area contributed by atoms with Gasteiger partial charge in [0.15, 0.2) is 0 Å². The lowest BCUT2D eigenvalue weighted by atomic mass is 9.88. The van der Waals surface area contributed by atoms with E-state index in [-0.39, 0.29) is 11.8 Å². The monoisotopic (exact) mass is 535 g/mol. The molecule has 7 rings (SSSR count). The second-order valence-electron chi connectivity index (χ2n) is 11.0. The first kappa shape index (κ1) is 24.7. The number of pyridine rings is 3. The Bertz CT molecular complexity index is 1680. The molecular formula is C30H33N9O. The predicted octanol–water partition coefficient (Wildman–Crippen LogP) is 4.83. The fraction of sp³-hybridized carbons (Fsp3) is 0.367. The molecule has 2 aliphatic rings. The zero-order valence-corrected chi connectivity index (χ0v) is 22.7. The maximum Gasteiger partial charge on any atom is 0.227 e. The van der Waals surface area contributed by atoms with Crippen molar-refractivity contribution in [1.29, 1.82) is 0 Å². The van der Waals surface area contributed by atoms with E-state index in [1.54, 1.807) is 12.4 Å². The molecule has 0 radical (unpaired) electrons. The van der Waals surface area contributed by atoms with Gasteiger partial charge in [-0.15, -0.1) is 0 Å². The van der Waals surface area contributed by atoms with Crippen molar-refractivity contribution in [3.63, 3.8) is 0 Å². The molecule has 1 aliphatic heterocycles. The van der Waals surface area contributed by atoms with Crippen LogP contribution in [0.15, 0.2) is 48.9 Å². The van der Waals surface area contributed by atoms with Gasteiger partial charge in [0.25, 0.3) is 0 Å². The van der Waals surface area contributed by atoms with Gasteiger partial charge in [0.1, 0.15) is 16.9 Å². The lowest BCUT2D eigenvalue weighted by molar-refractivity contribution is -0.120. The minimum Gasteiger partial charge on any atom is -0.368 e. The van der Waals surface area contributed by atoms with Crippen molar-refractivity contribution in [2.75, 3.05) is 43.4 Å². The molecule has 10 heteroatoms. The number of anilines is 2. The van der Waals surface area contributed by atoms with E-state index in [2.05, 4.69) is 59.4 Å². The standard InChI is InChI=1S/C30H33N9O/c1-38-11-13-39(14-12-38)26-9-10-32-29-22(26)16-25(35-29)28-27-24(36-37-28)8-7-23(34-27)20-15-21(18-31-17-20)33-30(40)19-5-3-2-4-6-19/h7-10,15-19H,2-6,11-14H2,1H3,(H,32,35)(H,33,40)(H,36,37). The summed E-state index contributed by atoms with van der Waals surface area (Å²) in [4.78, 5) is 35.0. The zero-order chi connectivity index (χ0) is 27.1. The number of fused-ring (bicyclic) bond motifs is 2. The summed E-state index contributed by atoms with van der Waals surface area (Å²) >= 11 is 0. The molecule has 1 saturated heterocycles. The van der Waals surface area contributed by atoms with Gasteiger partial charge in [0, 0.05) is 61.1 Å². The van der Waals surface area contributed by atoms with E-state index in [0.717, 1.165) is 96.6 Å². The summed E-state index contributed by atoms with van der Waals surface area (Å²) in [5.41, 5.74) is 7.55. The molecule has 3 N–H and O–H groups in total. The van der Waals surface area contributed by atoms with Crippen molar-refractivity contribution >= 4 is 39.3 Å². The van der Waals surface area contributed by atoms with Crippen LogP contribution in [0.2, 0.25) is 0 Å². The first-order valence-electron chi connectivity index (χ1n) is 14.2. The minimum absolute atomic E-state index is 0.0857. The average Bonchev–Trinajstić information content (AvgIpc) is 3.62. The number of carbonyl (C=O) groups is 1. The maximum atomic E-state index is 12.8. The molecule has 40 heavy (non-hydrogen) atoms. The number of H-pyrrole nitrogens is 2. The van der Waals surface area contributed by atoms with Crippen molar-refractivity contribution in [3.8, 4) is 22.6 Å². The number of amides is 1. The van der Waals surface area contributed by atoms with E-state index in [4.69, 9.17) is 4.98 Å². The second kappa shape index (κ2) is 10.3. The third kappa shape index (κ3) is 4.68. The number of carbonyl (C=O) groups excluding carboxylic acids is 1. The highest BCUT2D eigenvalue weighted by molar-refractivity contribution is 5.98. The molecule has 0 bridgehead atoms. The van der Waals surface area contributed by atoms with E-state index in [0.29, 0.717) is 5.69 Å². The van der Waals surface area contributed by atoms with Crippen LogP contribution in [0.4, 0.5) is 11.4 Å². The van der Waals surface area contributed by atoms with E-state index in [1.165, 1.54) is 12.1 Å². The highest BCUT2D eigenvalue weighted by atomic mass is 16.1. The molecule has 1 aliphatic carbocycles. The second-order valence-corrected chi connectivity index (χ2v) is 11.0. The number of aromatic nitrogens is 6. The van der Waals surface area contributed by atoms with E-state index < -0.39 is 0 Å². The molecule has 5 aromatic rings. The van der Waals surface area contributed by atoms with Crippen LogP contribution in [-0.2, 0) is 4.79 Å². The Kier molecular flexibility index (Phi) is 6.39. The molecule has 6 heterocycles. The Balaban J connectivity index is 1.19. The van der Waals surface area contributed by atoms with Gasteiger partial charge >= 0.3 is 0 Å². The van der Waals surface area contributed by atoms with E-state index >= 15 is 0 Å². The number of aromatic amines is 2. The SMILES string of the molecule is CN1CCN(c2ccnc3[nH]c(-c4n[nH]c5ccc(-c6cncc(NC(=O)C7CCCCC7)c6)nc45)cc23)CC1. The van der Waals surface area contributed by atoms with Gasteiger partial charge < -0.3 is 20.1 Å². The number of piperazine rings is 1. The molecule has 0 aromatic carbocycles. The van der Waals surface area contributed by atoms with Crippen LogP contribution in [0.1, 0.15) is 32.1 Å². The van der Waals surface area contributed by atoms with Crippen LogP contribution in [0.5, 0.6) is 0 Å². The lowest BCUT2D eigenvalue weighted by Crippen LogP contribution is -2.44. The number of nitrogens with zero attached hydrogens (tertiary/aromatic N) is 6. The van der Waals surface area contributed by atoms with Gasteiger partial charge in [0.2, 0.25) is 5.91 Å². The number of hydrogen-bond donors (Lipinski definition) is 3. The summed E-state index contributed by atoms with van der Waals surface area (Å²) in [6.45, 7) is 4.05. The molecule has 1 amide bonds. The molecule has 10 nitrogen and oxygen atoms in total. The third-order valence-corrected chi connectivity index (χ3v) is 8.29. The Morgan fingerprint density at radius 1 is 1.02 bits per heavy atom. The van der Waals surface area contributed by atoms with E-state index in [9.17, 15) is 4.79 Å². The molecule has 0 unspecified atom stereocenters. The summed E-state index contributed by atoms with van der Waals surface area (Å²) < 4.78 is 0. The highest BCUT2D eigenvalue weighted by Gasteiger charge is 2.22. The predicted molar refractivity (Wildman–Crippen MR) is 157 cm³/mol. The summed E-state index contributed by atoms with van der Waals surface area (Å²) in [6, 6.07) is 10.1. The van der Waals surface area contributed by atoms with Crippen LogP contribution in [0, 0.1) is 5.92 Å². The van der Waals surface area contributed by atoms with Gasteiger partial charge in [-0.1, -0.05) is 19.3 Å². The molecule has 0 atom stereocenters. The fourth-order valence-corrected chi connectivity index (χ4v) is 5.97. The lowest BCUT2D eigenvalue weighted by Gasteiger charge is -2.34. The highest BCUT2D eigenvalue weighted by Crippen LogP contribution is 2.33. The molecule has 5 aromatic heterocycles. The maximum absolute atomic E-state index is 12.8. The first-order valence-corrected chi connectivity index (χ1v) is 14.2. The quantitative estimate of drug-likeness (QED) is 0.295. The van der Waals surface area contributed by atoms with Crippen molar-refractivity contribution in [2.24, 2.45) is 5.92 Å². The number of hydrogen-bond acceptors (Lipinski definition) is 7. The normalized spacial score (nSPS) is 17.1. The number of rotatable bonds is 5. The summed E-state index contributed by atoms with van der Waals surface area (Å²) in [7, 11) is 2.16. The summed E-state index contributed by atoms with van der Waals surface area (Å²) in [6.07, 6.45) is 10.7. The van der Waals surface area contributed by atoms with Crippen LogP contribution >= 0.6 is 0 Å². The Morgan fingerprint density at radius 3 is 2.73 bits per heavy atom. The van der Waals surface area contributed by atoms with Crippen LogP contribution in [0.25, 0.3) is 44.7 Å². The summed E-state index contributed by atoms with van der Waals surface area (Å²) in [5, 5.41) is 11.9. The van der Waals surface area contributed by atoms with Crippen molar-refractivity contribution in [1.82, 2.24) is 35.0 Å². The molecule has 2 fully saturated rings.